The van der Waals surface area contributed by atoms with Crippen LogP contribution in [0.1, 0.15) is 21.7 Å². The van der Waals surface area contributed by atoms with Gasteiger partial charge in [0.15, 0.2) is 5.82 Å². The number of para-hydroxylation sites is 2. The third-order valence-electron chi connectivity index (χ3n) is 3.46. The first-order valence-corrected chi connectivity index (χ1v) is 7.26. The Bertz CT molecular complexity index is 887. The zero-order valence-electron chi connectivity index (χ0n) is 12.9. The molecule has 1 heterocycles. The predicted molar refractivity (Wildman–Crippen MR) is 89.9 cm³/mol. The largest absolute Gasteiger partial charge is 0.478 e. The molecule has 0 aliphatic carbocycles. The molecule has 7 heteroatoms. The second-order valence-electron chi connectivity index (χ2n) is 5.06. The minimum Gasteiger partial charge on any atom is -0.478 e. The minimum absolute atomic E-state index is 0.210. The molecule has 0 unspecified atom stereocenters. The lowest BCUT2D eigenvalue weighted by atomic mass is 10.1. The highest BCUT2D eigenvalue weighted by atomic mass is 16.4. The Labute approximate surface area is 138 Å². The maximum Gasteiger partial charge on any atom is 0.337 e. The molecule has 120 valence electrons. The number of aromatic carboxylic acids is 1. The van der Waals surface area contributed by atoms with Gasteiger partial charge in [0, 0.05) is 12.3 Å². The number of anilines is 1. The first-order valence-electron chi connectivity index (χ1n) is 7.26. The van der Waals surface area contributed by atoms with Crippen LogP contribution < -0.4 is 5.32 Å². The van der Waals surface area contributed by atoms with E-state index in [0.29, 0.717) is 11.5 Å². The van der Waals surface area contributed by atoms with E-state index in [1.54, 1.807) is 29.1 Å². The van der Waals surface area contributed by atoms with Crippen molar-refractivity contribution in [2.75, 3.05) is 5.32 Å². The van der Waals surface area contributed by atoms with Gasteiger partial charge in [-0.1, -0.05) is 30.3 Å². The van der Waals surface area contributed by atoms with Crippen molar-refractivity contribution in [1.82, 2.24) is 20.2 Å². The van der Waals surface area contributed by atoms with Crippen LogP contribution in [0.3, 0.4) is 0 Å². The normalized spacial score (nSPS) is 10.9. The van der Waals surface area contributed by atoms with E-state index in [9.17, 15) is 9.90 Å². The third-order valence-corrected chi connectivity index (χ3v) is 3.46. The van der Waals surface area contributed by atoms with Gasteiger partial charge in [0.05, 0.1) is 16.9 Å². The summed E-state index contributed by atoms with van der Waals surface area (Å²) in [5.74, 6) is -0.456. The molecular weight excluding hydrogens is 306 g/mol. The van der Waals surface area contributed by atoms with Crippen LogP contribution in [0.15, 0.2) is 54.7 Å². The van der Waals surface area contributed by atoms with Gasteiger partial charge in [-0.2, -0.15) is 4.68 Å². The van der Waals surface area contributed by atoms with E-state index in [4.69, 9.17) is 0 Å². The molecule has 0 bridgehead atoms. The van der Waals surface area contributed by atoms with Crippen molar-refractivity contribution in [1.29, 1.82) is 0 Å². The van der Waals surface area contributed by atoms with Gasteiger partial charge < -0.3 is 10.4 Å². The number of aryl methyl sites for hydroxylation is 1. The predicted octanol–water partition coefficient (Wildman–Crippen LogP) is 2.75. The highest BCUT2D eigenvalue weighted by Gasteiger charge is 2.11. The number of carboxylic acids is 1. The van der Waals surface area contributed by atoms with Gasteiger partial charge >= 0.3 is 5.97 Å². The van der Waals surface area contributed by atoms with E-state index < -0.39 is 5.97 Å². The minimum atomic E-state index is -0.983. The Morgan fingerprint density at radius 3 is 2.71 bits per heavy atom. The fourth-order valence-corrected chi connectivity index (χ4v) is 2.29. The molecule has 0 aliphatic rings. The molecule has 7 nitrogen and oxygen atoms in total. The highest BCUT2D eigenvalue weighted by Crippen LogP contribution is 2.20. The fraction of sp³-hybridized carbons (Fsp3) is 0.0588. The van der Waals surface area contributed by atoms with Gasteiger partial charge in [0.25, 0.3) is 0 Å². The lowest BCUT2D eigenvalue weighted by molar-refractivity contribution is 0.0698. The van der Waals surface area contributed by atoms with Crippen molar-refractivity contribution in [3.63, 3.8) is 0 Å². The first kappa shape index (κ1) is 15.4. The van der Waals surface area contributed by atoms with Crippen LogP contribution in [0.2, 0.25) is 0 Å². The molecule has 3 rings (SSSR count). The smallest absolute Gasteiger partial charge is 0.337 e. The average Bonchev–Trinajstić information content (AvgIpc) is 3.05. The van der Waals surface area contributed by atoms with Gasteiger partial charge in [-0.3, -0.25) is 0 Å². The number of tetrazole rings is 1. The van der Waals surface area contributed by atoms with E-state index in [2.05, 4.69) is 20.8 Å². The lowest BCUT2D eigenvalue weighted by Crippen LogP contribution is -2.04. The van der Waals surface area contributed by atoms with Gasteiger partial charge in [-0.15, -0.1) is 5.10 Å². The summed E-state index contributed by atoms with van der Waals surface area (Å²) in [6.07, 6.45) is 3.31. The van der Waals surface area contributed by atoms with Crippen LogP contribution in [0.5, 0.6) is 0 Å². The van der Waals surface area contributed by atoms with E-state index in [1.807, 2.05) is 43.3 Å². The standard InChI is InChI=1S/C17H15N5O2/c1-12-6-5-9-14(17(23)24)16(12)18-11-10-15-19-20-21-22(15)13-7-3-2-4-8-13/h2-11,18H,1H3,(H,23,24). The summed E-state index contributed by atoms with van der Waals surface area (Å²) in [6.45, 7) is 1.84. The monoisotopic (exact) mass is 321 g/mol. The molecule has 0 saturated carbocycles. The van der Waals surface area contributed by atoms with Gasteiger partial charge in [-0.05, 0) is 41.1 Å². The van der Waals surface area contributed by atoms with Gasteiger partial charge in [-0.25, -0.2) is 4.79 Å². The number of benzene rings is 2. The quantitative estimate of drug-likeness (QED) is 0.750. The number of nitrogens with zero attached hydrogens (tertiary/aromatic N) is 4. The Morgan fingerprint density at radius 1 is 1.17 bits per heavy atom. The fourth-order valence-electron chi connectivity index (χ4n) is 2.29. The van der Waals surface area contributed by atoms with Crippen molar-refractivity contribution in [2.24, 2.45) is 0 Å². The second-order valence-corrected chi connectivity index (χ2v) is 5.06. The van der Waals surface area contributed by atoms with Crippen molar-refractivity contribution < 1.29 is 9.90 Å². The topological polar surface area (TPSA) is 92.9 Å². The summed E-state index contributed by atoms with van der Waals surface area (Å²) < 4.78 is 1.59. The molecule has 2 N–H and O–H groups in total. The van der Waals surface area contributed by atoms with Gasteiger partial charge in [0.1, 0.15) is 0 Å². The van der Waals surface area contributed by atoms with Crippen molar-refractivity contribution in [2.45, 2.75) is 6.92 Å². The lowest BCUT2D eigenvalue weighted by Gasteiger charge is -2.09. The van der Waals surface area contributed by atoms with Crippen molar-refractivity contribution >= 4 is 17.7 Å². The summed E-state index contributed by atoms with van der Waals surface area (Å²) >= 11 is 0. The molecule has 0 spiro atoms. The van der Waals surface area contributed by atoms with Crippen LogP contribution in [0.25, 0.3) is 11.8 Å². The number of nitrogens with one attached hydrogen (secondary N) is 1. The third kappa shape index (κ3) is 3.14. The molecule has 0 aliphatic heterocycles. The molecule has 0 amide bonds. The average molecular weight is 321 g/mol. The molecule has 0 saturated heterocycles. The molecular formula is C17H15N5O2. The van der Waals surface area contributed by atoms with Crippen LogP contribution in [-0.2, 0) is 0 Å². The molecule has 0 fully saturated rings. The maximum atomic E-state index is 11.3. The Kier molecular flexibility index (Phi) is 4.33. The first-order chi connectivity index (χ1) is 11.7. The molecule has 1 aromatic heterocycles. The summed E-state index contributed by atoms with van der Waals surface area (Å²) in [5.41, 5.74) is 2.42. The molecule has 2 aromatic carbocycles. The summed E-state index contributed by atoms with van der Waals surface area (Å²) in [6, 6.07) is 14.6. The van der Waals surface area contributed by atoms with E-state index in [0.717, 1.165) is 11.3 Å². The summed E-state index contributed by atoms with van der Waals surface area (Å²) in [5, 5.41) is 23.9. The second kappa shape index (κ2) is 6.74. The number of hydrogen-bond donors (Lipinski definition) is 2. The van der Waals surface area contributed by atoms with Crippen LogP contribution >= 0.6 is 0 Å². The van der Waals surface area contributed by atoms with Crippen LogP contribution in [-0.4, -0.2) is 31.3 Å². The number of rotatable bonds is 5. The highest BCUT2D eigenvalue weighted by molar-refractivity contribution is 5.95. The molecule has 3 aromatic rings. The van der Waals surface area contributed by atoms with E-state index in [1.165, 1.54) is 0 Å². The number of carbonyl (C=O) groups is 1. The maximum absolute atomic E-state index is 11.3. The SMILES string of the molecule is Cc1cccc(C(=O)O)c1NC=Cc1nnnn1-c1ccccc1. The molecule has 0 radical (unpaired) electrons. The zero-order valence-corrected chi connectivity index (χ0v) is 12.9. The number of aromatic nitrogens is 4. The molecule has 0 atom stereocenters. The Balaban J connectivity index is 1.85. The van der Waals surface area contributed by atoms with Gasteiger partial charge in [0.2, 0.25) is 0 Å². The zero-order chi connectivity index (χ0) is 16.9. The van der Waals surface area contributed by atoms with Crippen molar-refractivity contribution in [3.8, 4) is 5.69 Å². The Hall–Kier alpha value is -3.48. The van der Waals surface area contributed by atoms with Crippen LogP contribution in [0, 0.1) is 6.92 Å². The summed E-state index contributed by atoms with van der Waals surface area (Å²) in [7, 11) is 0. The van der Waals surface area contributed by atoms with Crippen molar-refractivity contribution in [3.05, 3.63) is 71.7 Å². The van der Waals surface area contributed by atoms with E-state index in [-0.39, 0.29) is 5.56 Å². The number of carboxylic acid groups (broad SMARTS) is 1. The summed E-state index contributed by atoms with van der Waals surface area (Å²) in [4.78, 5) is 11.3. The number of hydrogen-bond acceptors (Lipinski definition) is 5. The van der Waals surface area contributed by atoms with Crippen LogP contribution in [0.4, 0.5) is 5.69 Å². The molecule has 24 heavy (non-hydrogen) atoms. The Morgan fingerprint density at radius 2 is 1.96 bits per heavy atom. The van der Waals surface area contributed by atoms with E-state index >= 15 is 0 Å².